The maximum Gasteiger partial charge on any atom is 0.118 e. The highest BCUT2D eigenvalue weighted by Gasteiger charge is 1.98. The van der Waals surface area contributed by atoms with Crippen molar-refractivity contribution in [1.82, 2.24) is 0 Å². The molecule has 0 radical (unpaired) electrons. The zero-order valence-corrected chi connectivity index (χ0v) is 8.25. The molecule has 0 fully saturated rings. The Labute approximate surface area is 79.5 Å². The molecule has 0 heterocycles. The zero-order chi connectivity index (χ0) is 9.52. The van der Waals surface area contributed by atoms with Crippen LogP contribution in [0.3, 0.4) is 0 Å². The molecule has 0 amide bonds. The Bertz CT molecular complexity index is 236. The van der Waals surface area contributed by atoms with E-state index < -0.39 is 0 Å². The zero-order valence-electron chi connectivity index (χ0n) is 8.25. The number of methoxy groups -OCH3 is 1. The number of hydrogen-bond donors (Lipinski definition) is 0. The van der Waals surface area contributed by atoms with E-state index in [4.69, 9.17) is 9.47 Å². The van der Waals surface area contributed by atoms with Gasteiger partial charge in [-0.1, -0.05) is 12.2 Å². The summed E-state index contributed by atoms with van der Waals surface area (Å²) < 4.78 is 10.4. The van der Waals surface area contributed by atoms with Gasteiger partial charge in [0.2, 0.25) is 0 Å². The monoisotopic (exact) mass is 180 g/mol. The second-order valence-electron chi connectivity index (χ2n) is 2.87. The number of hydrogen-bond acceptors (Lipinski definition) is 2. The average Bonchev–Trinajstić information content (AvgIpc) is 2.33. The van der Waals surface area contributed by atoms with Crippen molar-refractivity contribution in [3.05, 3.63) is 35.6 Å². The Morgan fingerprint density at radius 3 is 2.92 bits per heavy atom. The maximum atomic E-state index is 5.38. The first-order chi connectivity index (χ1) is 6.36. The normalized spacial score (nSPS) is 16.2. The standard InChI is InChI=1S/C11H16O2/c1-3-13-11-6-4-5-10(7-8-11)9-12-2/h4,6-8H,3,5,9H2,1-2H3. The summed E-state index contributed by atoms with van der Waals surface area (Å²) in [5.74, 6) is 0.925. The molecule has 0 saturated heterocycles. The second-order valence-corrected chi connectivity index (χ2v) is 2.87. The van der Waals surface area contributed by atoms with Crippen LogP contribution in [0.1, 0.15) is 13.3 Å². The van der Waals surface area contributed by atoms with Crippen LogP contribution in [0.15, 0.2) is 35.6 Å². The summed E-state index contributed by atoms with van der Waals surface area (Å²) in [7, 11) is 1.71. The van der Waals surface area contributed by atoms with Crippen molar-refractivity contribution in [2.24, 2.45) is 0 Å². The van der Waals surface area contributed by atoms with E-state index in [1.54, 1.807) is 7.11 Å². The minimum absolute atomic E-state index is 0.695. The summed E-state index contributed by atoms with van der Waals surface area (Å²) in [6.45, 7) is 3.39. The van der Waals surface area contributed by atoms with Crippen molar-refractivity contribution in [3.63, 3.8) is 0 Å². The van der Waals surface area contributed by atoms with E-state index in [0.717, 1.165) is 12.2 Å². The van der Waals surface area contributed by atoms with Crippen molar-refractivity contribution in [2.45, 2.75) is 13.3 Å². The van der Waals surface area contributed by atoms with Crippen LogP contribution < -0.4 is 0 Å². The van der Waals surface area contributed by atoms with Gasteiger partial charge in [-0.15, -0.1) is 0 Å². The lowest BCUT2D eigenvalue weighted by Crippen LogP contribution is -1.91. The fourth-order valence-electron chi connectivity index (χ4n) is 1.21. The number of allylic oxidation sites excluding steroid dienone is 4. The summed E-state index contributed by atoms with van der Waals surface area (Å²) >= 11 is 0. The molecular formula is C11H16O2. The van der Waals surface area contributed by atoms with Gasteiger partial charge >= 0.3 is 0 Å². The molecule has 0 aromatic carbocycles. The quantitative estimate of drug-likeness (QED) is 0.661. The third-order valence-electron chi connectivity index (χ3n) is 1.79. The lowest BCUT2D eigenvalue weighted by molar-refractivity contribution is 0.224. The first-order valence-corrected chi connectivity index (χ1v) is 4.54. The van der Waals surface area contributed by atoms with Gasteiger partial charge in [-0.05, 0) is 31.1 Å². The molecule has 0 aromatic heterocycles. The molecule has 0 aliphatic heterocycles. The molecule has 0 saturated carbocycles. The summed E-state index contributed by atoms with van der Waals surface area (Å²) in [4.78, 5) is 0. The Kier molecular flexibility index (Phi) is 4.33. The van der Waals surface area contributed by atoms with Gasteiger partial charge in [-0.25, -0.2) is 0 Å². The van der Waals surface area contributed by atoms with Crippen LogP contribution in [0, 0.1) is 0 Å². The first-order valence-electron chi connectivity index (χ1n) is 4.54. The van der Waals surface area contributed by atoms with E-state index >= 15 is 0 Å². The van der Waals surface area contributed by atoms with Gasteiger partial charge in [0.15, 0.2) is 0 Å². The predicted molar refractivity (Wildman–Crippen MR) is 53.4 cm³/mol. The smallest absolute Gasteiger partial charge is 0.118 e. The molecule has 2 heteroatoms. The van der Waals surface area contributed by atoms with Crippen LogP contribution in [0.2, 0.25) is 0 Å². The van der Waals surface area contributed by atoms with Crippen molar-refractivity contribution < 1.29 is 9.47 Å². The summed E-state index contributed by atoms with van der Waals surface area (Å²) in [6, 6.07) is 0. The SMILES string of the molecule is CCOC1=CC=C(COC)CC=C1. The van der Waals surface area contributed by atoms with Crippen molar-refractivity contribution >= 4 is 0 Å². The van der Waals surface area contributed by atoms with E-state index in [0.29, 0.717) is 13.2 Å². The number of rotatable bonds is 4. The molecule has 1 aliphatic carbocycles. The lowest BCUT2D eigenvalue weighted by Gasteiger charge is -2.00. The predicted octanol–water partition coefficient (Wildman–Crippen LogP) is 2.44. The Morgan fingerprint density at radius 2 is 2.23 bits per heavy atom. The first kappa shape index (κ1) is 10.1. The lowest BCUT2D eigenvalue weighted by atomic mass is 10.2. The molecule has 2 nitrogen and oxygen atoms in total. The van der Waals surface area contributed by atoms with Crippen LogP contribution in [-0.2, 0) is 9.47 Å². The minimum atomic E-state index is 0.695. The Balaban J connectivity index is 2.59. The van der Waals surface area contributed by atoms with Gasteiger partial charge in [0, 0.05) is 7.11 Å². The highest BCUT2D eigenvalue weighted by Crippen LogP contribution is 2.12. The fraction of sp³-hybridized carbons (Fsp3) is 0.455. The molecule has 0 N–H and O–H groups in total. The van der Waals surface area contributed by atoms with Gasteiger partial charge in [0.1, 0.15) is 5.76 Å². The third-order valence-corrected chi connectivity index (χ3v) is 1.79. The molecule has 0 spiro atoms. The molecule has 0 atom stereocenters. The summed E-state index contributed by atoms with van der Waals surface area (Å²) in [5, 5.41) is 0. The van der Waals surface area contributed by atoms with E-state index in [9.17, 15) is 0 Å². The second kappa shape index (κ2) is 5.60. The van der Waals surface area contributed by atoms with Crippen molar-refractivity contribution in [2.75, 3.05) is 20.3 Å². The van der Waals surface area contributed by atoms with Gasteiger partial charge < -0.3 is 9.47 Å². The van der Waals surface area contributed by atoms with Crippen LogP contribution >= 0.6 is 0 Å². The van der Waals surface area contributed by atoms with E-state index in [2.05, 4.69) is 12.2 Å². The average molecular weight is 180 g/mol. The Morgan fingerprint density at radius 1 is 1.38 bits per heavy atom. The molecule has 13 heavy (non-hydrogen) atoms. The van der Waals surface area contributed by atoms with Crippen molar-refractivity contribution in [1.29, 1.82) is 0 Å². The highest BCUT2D eigenvalue weighted by atomic mass is 16.5. The summed E-state index contributed by atoms with van der Waals surface area (Å²) in [5.41, 5.74) is 1.27. The largest absolute Gasteiger partial charge is 0.494 e. The molecule has 72 valence electrons. The maximum absolute atomic E-state index is 5.38. The van der Waals surface area contributed by atoms with Gasteiger partial charge in [0.25, 0.3) is 0 Å². The third kappa shape index (κ3) is 3.47. The highest BCUT2D eigenvalue weighted by molar-refractivity contribution is 5.27. The van der Waals surface area contributed by atoms with Crippen molar-refractivity contribution in [3.8, 4) is 0 Å². The minimum Gasteiger partial charge on any atom is -0.494 e. The van der Waals surface area contributed by atoms with Gasteiger partial charge in [-0.2, -0.15) is 0 Å². The van der Waals surface area contributed by atoms with E-state index in [-0.39, 0.29) is 0 Å². The molecule has 0 aromatic rings. The van der Waals surface area contributed by atoms with E-state index in [1.807, 2.05) is 19.1 Å². The van der Waals surface area contributed by atoms with Crippen LogP contribution in [-0.4, -0.2) is 20.3 Å². The van der Waals surface area contributed by atoms with Gasteiger partial charge in [0.05, 0.1) is 13.2 Å². The summed E-state index contributed by atoms with van der Waals surface area (Å²) in [6.07, 6.45) is 9.10. The fourth-order valence-corrected chi connectivity index (χ4v) is 1.21. The molecular weight excluding hydrogens is 164 g/mol. The van der Waals surface area contributed by atoms with Crippen LogP contribution in [0.5, 0.6) is 0 Å². The Hall–Kier alpha value is -1.02. The van der Waals surface area contributed by atoms with Gasteiger partial charge in [-0.3, -0.25) is 0 Å². The molecule has 0 bridgehead atoms. The molecule has 1 aliphatic rings. The van der Waals surface area contributed by atoms with Crippen LogP contribution in [0.25, 0.3) is 0 Å². The molecule has 1 rings (SSSR count). The van der Waals surface area contributed by atoms with E-state index in [1.165, 1.54) is 5.57 Å². The topological polar surface area (TPSA) is 18.5 Å². The molecule has 0 unspecified atom stereocenters. The number of ether oxygens (including phenoxy) is 2. The van der Waals surface area contributed by atoms with Crippen LogP contribution in [0.4, 0.5) is 0 Å².